The summed E-state index contributed by atoms with van der Waals surface area (Å²) in [5, 5.41) is 16.6. The lowest BCUT2D eigenvalue weighted by Gasteiger charge is -2.23. The van der Waals surface area contributed by atoms with Gasteiger partial charge in [0.1, 0.15) is 11.1 Å². The Hall–Kier alpha value is -2.15. The number of carbonyl (C=O) groups excluding carboxylic acids is 2. The smallest absolute Gasteiger partial charge is 0.288 e. The molecule has 0 aliphatic heterocycles. The SMILES string of the molecule is CC(C)[C@H](NC(=O)c1ccc(Cl)c([N+](=O)[O-])c1)C(=O)NC1CCCC1. The van der Waals surface area contributed by atoms with E-state index in [9.17, 15) is 19.7 Å². The molecule has 0 heterocycles. The van der Waals surface area contributed by atoms with Gasteiger partial charge in [-0.1, -0.05) is 38.3 Å². The molecule has 0 spiro atoms. The normalized spacial score (nSPS) is 15.8. The van der Waals surface area contributed by atoms with Crippen molar-refractivity contribution in [3.63, 3.8) is 0 Å². The average Bonchev–Trinajstić information content (AvgIpc) is 3.04. The zero-order valence-corrected chi connectivity index (χ0v) is 15.0. The fourth-order valence-electron chi connectivity index (χ4n) is 2.91. The van der Waals surface area contributed by atoms with Gasteiger partial charge in [0, 0.05) is 17.7 Å². The summed E-state index contributed by atoms with van der Waals surface area (Å²) < 4.78 is 0. The van der Waals surface area contributed by atoms with Crippen LogP contribution in [-0.2, 0) is 4.79 Å². The Kier molecular flexibility index (Phi) is 6.36. The first-order valence-corrected chi connectivity index (χ1v) is 8.72. The third kappa shape index (κ3) is 4.92. The monoisotopic (exact) mass is 367 g/mol. The topological polar surface area (TPSA) is 101 Å². The molecule has 0 bridgehead atoms. The third-order valence-electron chi connectivity index (χ3n) is 4.34. The van der Waals surface area contributed by atoms with Crippen LogP contribution in [0.1, 0.15) is 49.9 Å². The van der Waals surface area contributed by atoms with Crippen molar-refractivity contribution in [1.29, 1.82) is 0 Å². The summed E-state index contributed by atoms with van der Waals surface area (Å²) in [6.45, 7) is 3.67. The van der Waals surface area contributed by atoms with E-state index in [0.717, 1.165) is 31.7 Å². The molecular weight excluding hydrogens is 346 g/mol. The van der Waals surface area contributed by atoms with Crippen molar-refractivity contribution in [1.82, 2.24) is 10.6 Å². The van der Waals surface area contributed by atoms with Crippen LogP contribution in [0.15, 0.2) is 18.2 Å². The summed E-state index contributed by atoms with van der Waals surface area (Å²) in [5.74, 6) is -0.883. The van der Waals surface area contributed by atoms with Gasteiger partial charge in [-0.3, -0.25) is 19.7 Å². The highest BCUT2D eigenvalue weighted by atomic mass is 35.5. The van der Waals surface area contributed by atoms with Crippen LogP contribution in [0.5, 0.6) is 0 Å². The predicted octanol–water partition coefficient (Wildman–Crippen LogP) is 3.06. The van der Waals surface area contributed by atoms with Gasteiger partial charge in [0.15, 0.2) is 0 Å². The number of carbonyl (C=O) groups is 2. The van der Waals surface area contributed by atoms with Gasteiger partial charge in [-0.25, -0.2) is 0 Å². The third-order valence-corrected chi connectivity index (χ3v) is 4.66. The molecule has 0 saturated heterocycles. The number of rotatable bonds is 6. The van der Waals surface area contributed by atoms with Crippen molar-refractivity contribution in [2.24, 2.45) is 5.92 Å². The summed E-state index contributed by atoms with van der Waals surface area (Å²) >= 11 is 5.76. The number of halogens is 1. The van der Waals surface area contributed by atoms with Crippen LogP contribution < -0.4 is 10.6 Å². The van der Waals surface area contributed by atoms with Crippen molar-refractivity contribution in [3.05, 3.63) is 38.9 Å². The van der Waals surface area contributed by atoms with E-state index in [-0.39, 0.29) is 34.1 Å². The standard InChI is InChI=1S/C17H22ClN3O4/c1-10(2)15(17(23)19-12-5-3-4-6-12)20-16(22)11-7-8-13(18)14(9-11)21(24)25/h7-10,12,15H,3-6H2,1-2H3,(H,19,23)(H,20,22)/t15-/m0/s1. The van der Waals surface area contributed by atoms with Crippen LogP contribution in [0.4, 0.5) is 5.69 Å². The van der Waals surface area contributed by atoms with Crippen molar-refractivity contribution in [2.45, 2.75) is 51.6 Å². The Labute approximate surface area is 151 Å². The first-order valence-electron chi connectivity index (χ1n) is 8.34. The fourth-order valence-corrected chi connectivity index (χ4v) is 3.10. The van der Waals surface area contributed by atoms with E-state index in [1.165, 1.54) is 12.1 Å². The van der Waals surface area contributed by atoms with Gasteiger partial charge >= 0.3 is 0 Å². The van der Waals surface area contributed by atoms with Gasteiger partial charge in [0.2, 0.25) is 5.91 Å². The van der Waals surface area contributed by atoms with Crippen LogP contribution in [0.2, 0.25) is 5.02 Å². The lowest BCUT2D eigenvalue weighted by atomic mass is 10.0. The summed E-state index contributed by atoms with van der Waals surface area (Å²) in [7, 11) is 0. The Balaban J connectivity index is 2.10. The molecule has 1 aromatic rings. The summed E-state index contributed by atoms with van der Waals surface area (Å²) in [6.07, 6.45) is 4.10. The van der Waals surface area contributed by atoms with Gasteiger partial charge in [0.05, 0.1) is 4.92 Å². The first-order chi connectivity index (χ1) is 11.8. The molecule has 8 heteroatoms. The molecule has 1 fully saturated rings. The maximum atomic E-state index is 12.5. The molecule has 0 aromatic heterocycles. The number of hydrogen-bond donors (Lipinski definition) is 2. The van der Waals surface area contributed by atoms with E-state index in [2.05, 4.69) is 10.6 Å². The highest BCUT2D eigenvalue weighted by molar-refractivity contribution is 6.32. The van der Waals surface area contributed by atoms with Gasteiger partial charge in [-0.15, -0.1) is 0 Å². The second-order valence-corrected chi connectivity index (χ2v) is 7.02. The van der Waals surface area contributed by atoms with Gasteiger partial charge < -0.3 is 10.6 Å². The van der Waals surface area contributed by atoms with Crippen LogP contribution >= 0.6 is 11.6 Å². The molecule has 1 atom stereocenters. The number of nitro benzene ring substituents is 1. The predicted molar refractivity (Wildman–Crippen MR) is 94.6 cm³/mol. The highest BCUT2D eigenvalue weighted by Crippen LogP contribution is 2.25. The molecule has 7 nitrogen and oxygen atoms in total. The zero-order valence-electron chi connectivity index (χ0n) is 14.3. The summed E-state index contributed by atoms with van der Waals surface area (Å²) in [4.78, 5) is 35.2. The first kappa shape index (κ1) is 19.2. The van der Waals surface area contributed by atoms with Crippen molar-refractivity contribution < 1.29 is 14.5 Å². The molecule has 0 unspecified atom stereocenters. The number of hydrogen-bond acceptors (Lipinski definition) is 4. The van der Waals surface area contributed by atoms with Crippen LogP contribution in [-0.4, -0.2) is 28.8 Å². The van der Waals surface area contributed by atoms with Crippen molar-refractivity contribution in [2.75, 3.05) is 0 Å². The number of benzene rings is 1. The molecule has 1 aliphatic carbocycles. The number of amides is 2. The summed E-state index contributed by atoms with van der Waals surface area (Å²) in [5.41, 5.74) is -0.249. The second kappa shape index (κ2) is 8.29. The Morgan fingerprint density at radius 2 is 1.92 bits per heavy atom. The van der Waals surface area contributed by atoms with E-state index in [4.69, 9.17) is 11.6 Å². The van der Waals surface area contributed by atoms with E-state index in [1.54, 1.807) is 0 Å². The highest BCUT2D eigenvalue weighted by Gasteiger charge is 2.28. The molecular formula is C17H22ClN3O4. The van der Waals surface area contributed by atoms with Gasteiger partial charge in [0.25, 0.3) is 11.6 Å². The molecule has 1 aliphatic rings. The van der Waals surface area contributed by atoms with Crippen molar-refractivity contribution >= 4 is 29.1 Å². The van der Waals surface area contributed by atoms with E-state index < -0.39 is 16.9 Å². The molecule has 1 aromatic carbocycles. The molecule has 25 heavy (non-hydrogen) atoms. The van der Waals surface area contributed by atoms with Crippen LogP contribution in [0.3, 0.4) is 0 Å². The van der Waals surface area contributed by atoms with E-state index in [1.807, 2.05) is 13.8 Å². The Bertz CT molecular complexity index is 672. The van der Waals surface area contributed by atoms with Crippen molar-refractivity contribution in [3.8, 4) is 0 Å². The minimum absolute atomic E-state index is 0.0408. The van der Waals surface area contributed by atoms with Crippen LogP contribution in [0.25, 0.3) is 0 Å². The molecule has 2 rings (SSSR count). The molecule has 1 saturated carbocycles. The molecule has 2 N–H and O–H groups in total. The molecule has 2 amide bonds. The number of nitro groups is 1. The van der Waals surface area contributed by atoms with E-state index >= 15 is 0 Å². The van der Waals surface area contributed by atoms with Gasteiger partial charge in [-0.2, -0.15) is 0 Å². The van der Waals surface area contributed by atoms with E-state index in [0.29, 0.717) is 0 Å². The van der Waals surface area contributed by atoms with Gasteiger partial charge in [-0.05, 0) is 30.9 Å². The fraction of sp³-hybridized carbons (Fsp3) is 0.529. The van der Waals surface area contributed by atoms with Crippen LogP contribution in [0, 0.1) is 16.0 Å². The minimum Gasteiger partial charge on any atom is -0.352 e. The lowest BCUT2D eigenvalue weighted by Crippen LogP contribution is -2.51. The Morgan fingerprint density at radius 1 is 1.28 bits per heavy atom. The minimum atomic E-state index is -0.706. The number of nitrogens with zero attached hydrogens (tertiary/aromatic N) is 1. The zero-order chi connectivity index (χ0) is 18.6. The molecule has 0 radical (unpaired) electrons. The maximum Gasteiger partial charge on any atom is 0.288 e. The maximum absolute atomic E-state index is 12.5. The summed E-state index contributed by atoms with van der Waals surface area (Å²) in [6, 6.07) is 3.27. The largest absolute Gasteiger partial charge is 0.352 e. The molecule has 136 valence electrons. The number of nitrogens with one attached hydrogen (secondary N) is 2. The quantitative estimate of drug-likeness (QED) is 0.595. The lowest BCUT2D eigenvalue weighted by molar-refractivity contribution is -0.384. The second-order valence-electron chi connectivity index (χ2n) is 6.61. The average molecular weight is 368 g/mol. The Morgan fingerprint density at radius 3 is 2.48 bits per heavy atom.